The van der Waals surface area contributed by atoms with Gasteiger partial charge >= 0.3 is 0 Å². The summed E-state index contributed by atoms with van der Waals surface area (Å²) in [5.74, 6) is 4.15. The number of para-hydroxylation sites is 1. The molecule has 2 aromatic rings. The molecule has 21 heavy (non-hydrogen) atoms. The van der Waals surface area contributed by atoms with Gasteiger partial charge in [0.25, 0.3) is 0 Å². The number of hydrogen-bond acceptors (Lipinski definition) is 2. The largest absolute Gasteiger partial charge is 0.492 e. The van der Waals surface area contributed by atoms with Crippen LogP contribution in [0, 0.1) is 11.8 Å². The summed E-state index contributed by atoms with van der Waals surface area (Å²) in [6.07, 6.45) is 3.56. The van der Waals surface area contributed by atoms with Crippen LogP contribution in [0.3, 0.4) is 0 Å². The zero-order chi connectivity index (χ0) is 14.8. The van der Waals surface area contributed by atoms with Crippen LogP contribution in [0.1, 0.15) is 32.5 Å². The van der Waals surface area contributed by atoms with Crippen molar-refractivity contribution in [2.24, 2.45) is 11.8 Å². The second-order valence-electron chi connectivity index (χ2n) is 5.95. The summed E-state index contributed by atoms with van der Waals surface area (Å²) >= 11 is 5.96. The molecule has 1 heterocycles. The van der Waals surface area contributed by atoms with Gasteiger partial charge in [0.05, 0.1) is 12.1 Å². The van der Waals surface area contributed by atoms with Gasteiger partial charge in [-0.15, -0.1) is 11.6 Å². The standard InChI is InChI=1S/C17H23ClN2O/c1-3-21-15-6-4-5-14-17(15)19-16(9-10-18)20(14)11-12(2)13-7-8-13/h4-6,12-13H,3,7-11H2,1-2H3. The summed E-state index contributed by atoms with van der Waals surface area (Å²) in [6.45, 7) is 6.04. The van der Waals surface area contributed by atoms with Crippen molar-refractivity contribution < 1.29 is 4.74 Å². The number of hydrogen-bond donors (Lipinski definition) is 0. The normalized spacial score (nSPS) is 16.3. The number of nitrogens with zero attached hydrogens (tertiary/aromatic N) is 2. The lowest BCUT2D eigenvalue weighted by Gasteiger charge is -2.14. The van der Waals surface area contributed by atoms with Gasteiger partial charge in [-0.25, -0.2) is 4.98 Å². The first-order chi connectivity index (χ1) is 10.2. The lowest BCUT2D eigenvalue weighted by molar-refractivity contribution is 0.343. The van der Waals surface area contributed by atoms with Crippen LogP contribution < -0.4 is 4.74 Å². The van der Waals surface area contributed by atoms with Crippen molar-refractivity contribution in [2.45, 2.75) is 39.7 Å². The molecule has 1 unspecified atom stereocenters. The molecule has 0 bridgehead atoms. The lowest BCUT2D eigenvalue weighted by atomic mass is 10.1. The van der Waals surface area contributed by atoms with Gasteiger partial charge in [0.15, 0.2) is 0 Å². The minimum atomic E-state index is 0.602. The van der Waals surface area contributed by atoms with Crippen molar-refractivity contribution in [3.05, 3.63) is 24.0 Å². The lowest BCUT2D eigenvalue weighted by Crippen LogP contribution is -2.12. The van der Waals surface area contributed by atoms with E-state index in [9.17, 15) is 0 Å². The number of aromatic nitrogens is 2. The zero-order valence-corrected chi connectivity index (χ0v) is 13.6. The fraction of sp³-hybridized carbons (Fsp3) is 0.588. The molecule has 0 aliphatic heterocycles. The predicted molar refractivity (Wildman–Crippen MR) is 87.2 cm³/mol. The first kappa shape index (κ1) is 14.7. The average Bonchev–Trinajstić information content (AvgIpc) is 3.26. The van der Waals surface area contributed by atoms with E-state index in [0.717, 1.165) is 36.0 Å². The maximum atomic E-state index is 5.96. The Morgan fingerprint density at radius 3 is 2.90 bits per heavy atom. The Morgan fingerprint density at radius 2 is 2.24 bits per heavy atom. The quantitative estimate of drug-likeness (QED) is 0.715. The van der Waals surface area contributed by atoms with Crippen LogP contribution >= 0.6 is 11.6 Å². The second kappa shape index (κ2) is 6.27. The van der Waals surface area contributed by atoms with E-state index in [1.807, 2.05) is 13.0 Å². The molecular formula is C17H23ClN2O. The summed E-state index contributed by atoms with van der Waals surface area (Å²) in [6, 6.07) is 6.19. The first-order valence-corrected chi connectivity index (χ1v) is 8.45. The maximum Gasteiger partial charge on any atom is 0.147 e. The van der Waals surface area contributed by atoms with Crippen molar-refractivity contribution in [3.8, 4) is 5.75 Å². The molecular weight excluding hydrogens is 284 g/mol. The Hall–Kier alpha value is -1.22. The van der Waals surface area contributed by atoms with Gasteiger partial charge in [0.2, 0.25) is 0 Å². The third-order valence-electron chi connectivity index (χ3n) is 4.34. The number of alkyl halides is 1. The highest BCUT2D eigenvalue weighted by Gasteiger charge is 2.29. The van der Waals surface area contributed by atoms with E-state index in [4.69, 9.17) is 21.3 Å². The second-order valence-corrected chi connectivity index (χ2v) is 6.33. The van der Waals surface area contributed by atoms with Gasteiger partial charge in [-0.3, -0.25) is 0 Å². The van der Waals surface area contributed by atoms with Crippen molar-refractivity contribution in [2.75, 3.05) is 12.5 Å². The van der Waals surface area contributed by atoms with E-state index in [1.54, 1.807) is 0 Å². The van der Waals surface area contributed by atoms with Crippen LogP contribution in [-0.2, 0) is 13.0 Å². The third-order valence-corrected chi connectivity index (χ3v) is 4.53. The molecule has 1 aromatic heterocycles. The van der Waals surface area contributed by atoms with Crippen LogP contribution in [0.25, 0.3) is 11.0 Å². The molecule has 1 aromatic carbocycles. The van der Waals surface area contributed by atoms with Gasteiger partial charge in [0.1, 0.15) is 17.1 Å². The van der Waals surface area contributed by atoms with Crippen molar-refractivity contribution in [3.63, 3.8) is 0 Å². The Bertz CT molecular complexity index is 619. The van der Waals surface area contributed by atoms with Gasteiger partial charge in [0, 0.05) is 18.8 Å². The maximum absolute atomic E-state index is 5.96. The van der Waals surface area contributed by atoms with E-state index in [0.29, 0.717) is 18.4 Å². The van der Waals surface area contributed by atoms with Crippen LogP contribution in [-0.4, -0.2) is 22.0 Å². The van der Waals surface area contributed by atoms with Crippen LogP contribution in [0.15, 0.2) is 18.2 Å². The van der Waals surface area contributed by atoms with Gasteiger partial charge < -0.3 is 9.30 Å². The van der Waals surface area contributed by atoms with Gasteiger partial charge in [-0.1, -0.05) is 13.0 Å². The summed E-state index contributed by atoms with van der Waals surface area (Å²) in [7, 11) is 0. The van der Waals surface area contributed by atoms with Crippen molar-refractivity contribution in [1.29, 1.82) is 0 Å². The Labute approximate surface area is 131 Å². The monoisotopic (exact) mass is 306 g/mol. The van der Waals surface area contributed by atoms with Crippen molar-refractivity contribution in [1.82, 2.24) is 9.55 Å². The average molecular weight is 307 g/mol. The first-order valence-electron chi connectivity index (χ1n) is 7.91. The molecule has 1 saturated carbocycles. The number of aryl methyl sites for hydroxylation is 1. The highest BCUT2D eigenvalue weighted by Crippen LogP contribution is 2.38. The fourth-order valence-electron chi connectivity index (χ4n) is 3.02. The number of benzene rings is 1. The molecule has 3 rings (SSSR count). The molecule has 0 amide bonds. The summed E-state index contributed by atoms with van der Waals surface area (Å²) in [5.41, 5.74) is 2.15. The third kappa shape index (κ3) is 3.03. The molecule has 0 spiro atoms. The summed E-state index contributed by atoms with van der Waals surface area (Å²) < 4.78 is 8.07. The number of fused-ring (bicyclic) bond motifs is 1. The smallest absolute Gasteiger partial charge is 0.147 e. The molecule has 0 radical (unpaired) electrons. The molecule has 3 nitrogen and oxygen atoms in total. The fourth-order valence-corrected chi connectivity index (χ4v) is 3.19. The Kier molecular flexibility index (Phi) is 4.39. The van der Waals surface area contributed by atoms with Crippen LogP contribution in [0.5, 0.6) is 5.75 Å². The molecule has 1 fully saturated rings. The van der Waals surface area contributed by atoms with Crippen LogP contribution in [0.4, 0.5) is 0 Å². The molecule has 114 valence electrons. The van der Waals surface area contributed by atoms with Gasteiger partial charge in [-0.05, 0) is 43.7 Å². The van der Waals surface area contributed by atoms with Gasteiger partial charge in [-0.2, -0.15) is 0 Å². The highest BCUT2D eigenvalue weighted by atomic mass is 35.5. The molecule has 4 heteroatoms. The van der Waals surface area contributed by atoms with E-state index in [1.165, 1.54) is 18.4 Å². The molecule has 1 aliphatic rings. The number of ether oxygens (including phenoxy) is 1. The molecule has 0 N–H and O–H groups in total. The van der Waals surface area contributed by atoms with E-state index in [-0.39, 0.29) is 0 Å². The summed E-state index contributed by atoms with van der Waals surface area (Å²) in [5, 5.41) is 0. The van der Waals surface area contributed by atoms with E-state index < -0.39 is 0 Å². The Morgan fingerprint density at radius 1 is 1.43 bits per heavy atom. The molecule has 0 saturated heterocycles. The zero-order valence-electron chi connectivity index (χ0n) is 12.8. The number of imidazole rings is 1. The van der Waals surface area contributed by atoms with E-state index >= 15 is 0 Å². The van der Waals surface area contributed by atoms with Crippen molar-refractivity contribution >= 4 is 22.6 Å². The minimum Gasteiger partial charge on any atom is -0.492 e. The molecule has 1 atom stereocenters. The Balaban J connectivity index is 2.01. The molecule has 1 aliphatic carbocycles. The van der Waals surface area contributed by atoms with E-state index in [2.05, 4.69) is 23.6 Å². The van der Waals surface area contributed by atoms with Crippen LogP contribution in [0.2, 0.25) is 0 Å². The predicted octanol–water partition coefficient (Wildman–Crippen LogP) is 4.26. The summed E-state index contributed by atoms with van der Waals surface area (Å²) in [4.78, 5) is 4.81. The topological polar surface area (TPSA) is 27.1 Å². The minimum absolute atomic E-state index is 0.602. The highest BCUT2D eigenvalue weighted by molar-refractivity contribution is 6.17. The number of halogens is 1. The number of rotatable bonds is 7. The SMILES string of the molecule is CCOc1cccc2c1nc(CCCl)n2CC(C)C1CC1.